The van der Waals surface area contributed by atoms with Gasteiger partial charge in [-0.05, 0) is 40.7 Å². The molecule has 1 aliphatic heterocycles. The SMILES string of the molecule is CC(C)(C)c1ccc2[nH]c3c(c2c1)CN(S(=O)(=O)CCc1ccccc1)CC3. The van der Waals surface area contributed by atoms with E-state index in [1.54, 1.807) is 4.31 Å². The first-order chi connectivity index (χ1) is 13.2. The summed E-state index contributed by atoms with van der Waals surface area (Å²) >= 11 is 0. The lowest BCUT2D eigenvalue weighted by Crippen LogP contribution is -2.37. The number of rotatable bonds is 4. The van der Waals surface area contributed by atoms with Crippen LogP contribution in [-0.2, 0) is 34.8 Å². The monoisotopic (exact) mass is 396 g/mol. The van der Waals surface area contributed by atoms with E-state index in [9.17, 15) is 8.42 Å². The van der Waals surface area contributed by atoms with Crippen molar-refractivity contribution in [3.05, 3.63) is 70.9 Å². The van der Waals surface area contributed by atoms with Crippen molar-refractivity contribution in [3.8, 4) is 0 Å². The van der Waals surface area contributed by atoms with Gasteiger partial charge in [-0.25, -0.2) is 8.42 Å². The summed E-state index contributed by atoms with van der Waals surface area (Å²) in [6.45, 7) is 7.61. The summed E-state index contributed by atoms with van der Waals surface area (Å²) in [4.78, 5) is 3.50. The summed E-state index contributed by atoms with van der Waals surface area (Å²) in [5, 5.41) is 1.16. The van der Waals surface area contributed by atoms with Gasteiger partial charge in [-0.1, -0.05) is 57.2 Å². The molecule has 0 atom stereocenters. The van der Waals surface area contributed by atoms with Crippen LogP contribution in [0.15, 0.2) is 48.5 Å². The van der Waals surface area contributed by atoms with Crippen LogP contribution in [0.5, 0.6) is 0 Å². The maximum absolute atomic E-state index is 13.0. The molecule has 2 heterocycles. The minimum atomic E-state index is -3.29. The predicted molar refractivity (Wildman–Crippen MR) is 115 cm³/mol. The zero-order chi connectivity index (χ0) is 19.9. The average Bonchev–Trinajstić information content (AvgIpc) is 3.04. The van der Waals surface area contributed by atoms with Crippen LogP contribution in [0.4, 0.5) is 0 Å². The first-order valence-electron chi connectivity index (χ1n) is 9.90. The van der Waals surface area contributed by atoms with Gasteiger partial charge < -0.3 is 4.98 Å². The van der Waals surface area contributed by atoms with Crippen molar-refractivity contribution >= 4 is 20.9 Å². The van der Waals surface area contributed by atoms with Crippen molar-refractivity contribution in [3.63, 3.8) is 0 Å². The summed E-state index contributed by atoms with van der Waals surface area (Å²) in [5.41, 5.74) is 5.80. The minimum absolute atomic E-state index is 0.0639. The van der Waals surface area contributed by atoms with E-state index in [2.05, 4.69) is 44.0 Å². The van der Waals surface area contributed by atoms with E-state index in [-0.39, 0.29) is 11.2 Å². The molecule has 1 N–H and O–H groups in total. The van der Waals surface area contributed by atoms with Crippen molar-refractivity contribution in [2.24, 2.45) is 0 Å². The zero-order valence-electron chi connectivity index (χ0n) is 16.8. The molecule has 4 rings (SSSR count). The standard InChI is InChI=1S/C23H28N2O2S/c1-23(2,3)18-9-10-21-19(15-18)20-16-25(13-11-22(20)24-21)28(26,27)14-12-17-7-5-4-6-8-17/h4-10,15,24H,11-14,16H2,1-3H3. The van der Waals surface area contributed by atoms with E-state index in [0.29, 0.717) is 19.5 Å². The van der Waals surface area contributed by atoms with Crippen molar-refractivity contribution in [2.45, 2.75) is 45.6 Å². The first-order valence-corrected chi connectivity index (χ1v) is 11.5. The molecule has 0 unspecified atom stereocenters. The van der Waals surface area contributed by atoms with Gasteiger partial charge in [0.25, 0.3) is 0 Å². The Balaban J connectivity index is 1.59. The number of H-pyrrole nitrogens is 1. The average molecular weight is 397 g/mol. The fraction of sp³-hybridized carbons (Fsp3) is 0.391. The van der Waals surface area contributed by atoms with E-state index in [1.807, 2.05) is 30.3 Å². The van der Waals surface area contributed by atoms with Gasteiger partial charge in [0, 0.05) is 36.1 Å². The maximum Gasteiger partial charge on any atom is 0.214 e. The van der Waals surface area contributed by atoms with Crippen molar-refractivity contribution in [1.82, 2.24) is 9.29 Å². The highest BCUT2D eigenvalue weighted by molar-refractivity contribution is 7.89. The molecule has 3 aromatic rings. The fourth-order valence-electron chi connectivity index (χ4n) is 3.91. The lowest BCUT2D eigenvalue weighted by molar-refractivity contribution is 0.391. The van der Waals surface area contributed by atoms with Gasteiger partial charge in [0.15, 0.2) is 0 Å². The molecule has 1 aromatic heterocycles. The molecule has 2 aromatic carbocycles. The molecule has 0 amide bonds. The lowest BCUT2D eigenvalue weighted by Gasteiger charge is -2.27. The second-order valence-electron chi connectivity index (χ2n) is 8.73. The number of nitrogens with one attached hydrogen (secondary N) is 1. The van der Waals surface area contributed by atoms with Crippen LogP contribution < -0.4 is 0 Å². The van der Waals surface area contributed by atoms with Crippen molar-refractivity contribution < 1.29 is 8.42 Å². The molecule has 0 aliphatic carbocycles. The molecule has 1 aliphatic rings. The minimum Gasteiger partial charge on any atom is -0.358 e. The van der Waals surface area contributed by atoms with Gasteiger partial charge in [0.2, 0.25) is 10.0 Å². The molecule has 4 nitrogen and oxygen atoms in total. The van der Waals surface area contributed by atoms with Gasteiger partial charge in [-0.3, -0.25) is 0 Å². The Morgan fingerprint density at radius 2 is 1.82 bits per heavy atom. The van der Waals surface area contributed by atoms with Crippen LogP contribution in [0.3, 0.4) is 0 Å². The number of nitrogens with zero attached hydrogens (tertiary/aromatic N) is 1. The number of hydrogen-bond acceptors (Lipinski definition) is 2. The van der Waals surface area contributed by atoms with E-state index in [1.165, 1.54) is 11.3 Å². The molecule has 0 saturated heterocycles. The third-order valence-electron chi connectivity index (χ3n) is 5.69. The third-order valence-corrected chi connectivity index (χ3v) is 7.51. The van der Waals surface area contributed by atoms with Gasteiger partial charge in [0.05, 0.1) is 5.75 Å². The Morgan fingerprint density at radius 3 is 2.54 bits per heavy atom. The number of sulfonamides is 1. The number of aromatic amines is 1. The summed E-state index contributed by atoms with van der Waals surface area (Å²) < 4.78 is 27.6. The highest BCUT2D eigenvalue weighted by Crippen LogP contribution is 2.32. The van der Waals surface area contributed by atoms with Gasteiger partial charge >= 0.3 is 0 Å². The van der Waals surface area contributed by atoms with Gasteiger partial charge in [-0.2, -0.15) is 4.31 Å². The quantitative estimate of drug-likeness (QED) is 0.711. The maximum atomic E-state index is 13.0. The van der Waals surface area contributed by atoms with Crippen LogP contribution >= 0.6 is 0 Å². The molecule has 0 fully saturated rings. The van der Waals surface area contributed by atoms with Crippen molar-refractivity contribution in [1.29, 1.82) is 0 Å². The van der Waals surface area contributed by atoms with Gasteiger partial charge in [-0.15, -0.1) is 0 Å². The molecule has 0 bridgehead atoms. The van der Waals surface area contributed by atoms with Crippen LogP contribution in [0, 0.1) is 0 Å². The molecule has 0 radical (unpaired) electrons. The highest BCUT2D eigenvalue weighted by atomic mass is 32.2. The first kappa shape index (κ1) is 19.2. The van der Waals surface area contributed by atoms with Crippen LogP contribution in [0.25, 0.3) is 10.9 Å². The Kier molecular flexibility index (Phi) is 4.84. The Bertz CT molecular complexity index is 1090. The Hall–Kier alpha value is -2.11. The third kappa shape index (κ3) is 3.74. The molecule has 0 spiro atoms. The summed E-state index contributed by atoms with van der Waals surface area (Å²) in [7, 11) is -3.29. The number of hydrogen-bond donors (Lipinski definition) is 1. The van der Waals surface area contributed by atoms with Gasteiger partial charge in [0.1, 0.15) is 0 Å². The largest absolute Gasteiger partial charge is 0.358 e. The van der Waals surface area contributed by atoms with E-state index >= 15 is 0 Å². The number of aryl methyl sites for hydroxylation is 1. The second kappa shape index (κ2) is 7.05. The molecular weight excluding hydrogens is 368 g/mol. The van der Waals surface area contributed by atoms with Crippen LogP contribution in [0.2, 0.25) is 0 Å². The zero-order valence-corrected chi connectivity index (χ0v) is 17.6. The highest BCUT2D eigenvalue weighted by Gasteiger charge is 2.29. The molecule has 28 heavy (non-hydrogen) atoms. The number of fused-ring (bicyclic) bond motifs is 3. The topological polar surface area (TPSA) is 53.2 Å². The number of benzene rings is 2. The summed E-state index contributed by atoms with van der Waals surface area (Å²) in [6.07, 6.45) is 1.29. The molecule has 5 heteroatoms. The number of aromatic nitrogens is 1. The summed E-state index contributed by atoms with van der Waals surface area (Å²) in [6, 6.07) is 16.3. The Morgan fingerprint density at radius 1 is 1.07 bits per heavy atom. The summed E-state index contributed by atoms with van der Waals surface area (Å²) in [5.74, 6) is 0.155. The second-order valence-corrected chi connectivity index (χ2v) is 10.8. The molecular formula is C23H28N2O2S. The fourth-order valence-corrected chi connectivity index (χ4v) is 5.36. The predicted octanol–water partition coefficient (Wildman–Crippen LogP) is 4.40. The molecule has 148 valence electrons. The lowest BCUT2D eigenvalue weighted by atomic mass is 9.86. The normalized spacial score (nSPS) is 15.7. The van der Waals surface area contributed by atoms with Crippen LogP contribution in [0.1, 0.15) is 43.2 Å². The van der Waals surface area contributed by atoms with E-state index in [4.69, 9.17) is 0 Å². The molecule has 0 saturated carbocycles. The Labute approximate surface area is 167 Å². The van der Waals surface area contributed by atoms with E-state index < -0.39 is 10.0 Å². The smallest absolute Gasteiger partial charge is 0.214 e. The van der Waals surface area contributed by atoms with Crippen molar-refractivity contribution in [2.75, 3.05) is 12.3 Å². The van der Waals surface area contributed by atoms with E-state index in [0.717, 1.165) is 28.5 Å². The van der Waals surface area contributed by atoms with Crippen LogP contribution in [-0.4, -0.2) is 30.0 Å².